The van der Waals surface area contributed by atoms with Gasteiger partial charge < -0.3 is 29.4 Å². The number of amides is 3. The average Bonchev–Trinajstić information content (AvgIpc) is 3.76. The van der Waals surface area contributed by atoms with Gasteiger partial charge in [-0.25, -0.2) is 4.79 Å². The molecule has 12 heteroatoms. The van der Waals surface area contributed by atoms with Crippen LogP contribution in [0.3, 0.4) is 0 Å². The fourth-order valence-corrected chi connectivity index (χ4v) is 6.55. The summed E-state index contributed by atoms with van der Waals surface area (Å²) >= 11 is 6.56. The topological polar surface area (TPSA) is 122 Å². The van der Waals surface area contributed by atoms with Crippen LogP contribution in [0.2, 0.25) is 5.02 Å². The van der Waals surface area contributed by atoms with Gasteiger partial charge in [0.1, 0.15) is 5.75 Å². The molecular formula is C34H41ClN6O5. The molecule has 1 aliphatic carbocycles. The number of benzene rings is 2. The van der Waals surface area contributed by atoms with Crippen LogP contribution in [0.4, 0.5) is 10.5 Å². The van der Waals surface area contributed by atoms with E-state index in [4.69, 9.17) is 16.3 Å². The number of halogens is 1. The highest BCUT2D eigenvalue weighted by Gasteiger charge is 2.39. The van der Waals surface area contributed by atoms with E-state index in [1.54, 1.807) is 31.0 Å². The maximum absolute atomic E-state index is 14.0. The molecule has 2 aliphatic heterocycles. The summed E-state index contributed by atoms with van der Waals surface area (Å²) in [5.74, 6) is 0.251. The largest absolute Gasteiger partial charge is 0.476 e. The highest BCUT2D eigenvalue weighted by molar-refractivity contribution is 6.32. The molecular weight excluding hydrogens is 608 g/mol. The monoisotopic (exact) mass is 648 g/mol. The lowest BCUT2D eigenvalue weighted by molar-refractivity contribution is -0.147. The lowest BCUT2D eigenvalue weighted by Crippen LogP contribution is -2.56. The lowest BCUT2D eigenvalue weighted by Gasteiger charge is -2.38. The molecule has 6 rings (SSSR count). The Morgan fingerprint density at radius 3 is 2.37 bits per heavy atom. The van der Waals surface area contributed by atoms with E-state index in [2.05, 4.69) is 44.3 Å². The molecule has 3 aromatic rings. The van der Waals surface area contributed by atoms with Gasteiger partial charge in [0.2, 0.25) is 5.91 Å². The molecule has 3 fully saturated rings. The first-order chi connectivity index (χ1) is 22.1. The first kappa shape index (κ1) is 31.7. The number of carbonyl (C=O) groups is 3. The lowest BCUT2D eigenvalue weighted by atomic mass is 9.95. The van der Waals surface area contributed by atoms with Gasteiger partial charge >= 0.3 is 6.09 Å². The van der Waals surface area contributed by atoms with Crippen LogP contribution in [0.5, 0.6) is 5.75 Å². The molecule has 3 heterocycles. The van der Waals surface area contributed by atoms with Gasteiger partial charge in [-0.3, -0.25) is 14.7 Å². The zero-order chi connectivity index (χ0) is 32.4. The second-order valence-corrected chi connectivity index (χ2v) is 13.4. The van der Waals surface area contributed by atoms with Crippen molar-refractivity contribution in [2.24, 2.45) is 5.92 Å². The minimum absolute atomic E-state index is 0.123. The first-order valence-electron chi connectivity index (χ1n) is 16.0. The molecule has 2 aromatic carbocycles. The smallest absolute Gasteiger partial charge is 0.407 e. The van der Waals surface area contributed by atoms with Crippen molar-refractivity contribution in [3.63, 3.8) is 0 Å². The van der Waals surface area contributed by atoms with Crippen molar-refractivity contribution in [2.45, 2.75) is 57.7 Å². The summed E-state index contributed by atoms with van der Waals surface area (Å²) in [5, 5.41) is 16.5. The Hall–Kier alpha value is -4.25. The van der Waals surface area contributed by atoms with E-state index in [0.717, 1.165) is 54.6 Å². The summed E-state index contributed by atoms with van der Waals surface area (Å²) in [6, 6.07) is 14.2. The Labute approximate surface area is 274 Å². The minimum Gasteiger partial charge on any atom is -0.476 e. The zero-order valence-corrected chi connectivity index (χ0v) is 27.1. The van der Waals surface area contributed by atoms with Gasteiger partial charge in [0.05, 0.1) is 17.1 Å². The average molecular weight is 649 g/mol. The first-order valence-corrected chi connectivity index (χ1v) is 16.4. The molecule has 0 unspecified atom stereocenters. The molecule has 0 spiro atoms. The van der Waals surface area contributed by atoms with Crippen LogP contribution in [0.15, 0.2) is 54.9 Å². The van der Waals surface area contributed by atoms with E-state index in [0.29, 0.717) is 43.0 Å². The highest BCUT2D eigenvalue weighted by Crippen LogP contribution is 2.36. The van der Waals surface area contributed by atoms with Crippen LogP contribution in [0, 0.1) is 5.92 Å². The quantitative estimate of drug-likeness (QED) is 0.330. The van der Waals surface area contributed by atoms with Crippen molar-refractivity contribution >= 4 is 35.2 Å². The fourth-order valence-electron chi connectivity index (χ4n) is 6.40. The minimum atomic E-state index is -1.21. The Balaban J connectivity index is 1.10. The third-order valence-electron chi connectivity index (χ3n) is 9.18. The predicted octanol–water partition coefficient (Wildman–Crippen LogP) is 5.12. The number of anilines is 1. The summed E-state index contributed by atoms with van der Waals surface area (Å²) < 4.78 is 6.24. The van der Waals surface area contributed by atoms with Crippen LogP contribution in [0.25, 0.3) is 11.1 Å². The number of piperazine rings is 1. The summed E-state index contributed by atoms with van der Waals surface area (Å²) in [6.07, 6.45) is 6.49. The fraction of sp³-hybridized carbons (Fsp3) is 0.471. The summed E-state index contributed by atoms with van der Waals surface area (Å²) in [4.78, 5) is 45.8. The number of carboxylic acid groups (broad SMARTS) is 1. The standard InChI is InChI=1S/C34H41ClN6O5/c1-34(2,32(43)38-14-16-39(17-15-38)33(44)45)46-30-18-28(11-12-29(30)35)40-13-3-4-25(22-40)31(42)41(27-9-10-27)21-23-5-7-24(8-6-23)26-19-36-37-20-26/h5-8,11-12,18-20,25,27H,3-4,9-10,13-17,21-22H2,1-2H3,(H,36,37)(H,44,45)/t25-/m1/s1. The number of nitrogens with one attached hydrogen (secondary N) is 1. The van der Waals surface area contributed by atoms with Gasteiger partial charge in [0.15, 0.2) is 5.60 Å². The molecule has 2 N–H and O–H groups in total. The van der Waals surface area contributed by atoms with E-state index in [1.807, 2.05) is 18.3 Å². The number of piperidine rings is 1. The number of aromatic nitrogens is 2. The molecule has 3 aliphatic rings. The molecule has 3 amide bonds. The van der Waals surface area contributed by atoms with Crippen LogP contribution >= 0.6 is 11.6 Å². The SMILES string of the molecule is CC(C)(Oc1cc(N2CCC[C@@H](C(=O)N(Cc3ccc(-c4cn[nH]c4)cc3)C3CC3)C2)ccc1Cl)C(=O)N1CCN(C(=O)O)CC1. The third kappa shape index (κ3) is 7.09. The summed E-state index contributed by atoms with van der Waals surface area (Å²) in [6.45, 7) is 6.55. The van der Waals surface area contributed by atoms with Crippen LogP contribution in [-0.2, 0) is 16.1 Å². The van der Waals surface area contributed by atoms with Crippen molar-refractivity contribution in [1.82, 2.24) is 24.9 Å². The maximum Gasteiger partial charge on any atom is 0.407 e. The molecule has 1 saturated carbocycles. The van der Waals surface area contributed by atoms with Gasteiger partial charge in [0.25, 0.3) is 5.91 Å². The number of carbonyl (C=O) groups excluding carboxylic acids is 2. The number of hydrogen-bond donors (Lipinski definition) is 2. The molecule has 46 heavy (non-hydrogen) atoms. The van der Waals surface area contributed by atoms with Crippen LogP contribution in [-0.4, -0.2) is 98.8 Å². The van der Waals surface area contributed by atoms with Crippen molar-refractivity contribution in [1.29, 1.82) is 0 Å². The van der Waals surface area contributed by atoms with Crippen molar-refractivity contribution in [2.75, 3.05) is 44.2 Å². The Bertz CT molecular complexity index is 1550. The van der Waals surface area contributed by atoms with Gasteiger partial charge in [0, 0.05) is 75.4 Å². The second-order valence-electron chi connectivity index (χ2n) is 13.0. The van der Waals surface area contributed by atoms with Gasteiger partial charge in [-0.1, -0.05) is 35.9 Å². The Morgan fingerprint density at radius 2 is 1.72 bits per heavy atom. The highest BCUT2D eigenvalue weighted by atomic mass is 35.5. The number of rotatable bonds is 9. The number of H-pyrrole nitrogens is 1. The molecule has 244 valence electrons. The zero-order valence-electron chi connectivity index (χ0n) is 26.3. The molecule has 0 bridgehead atoms. The Morgan fingerprint density at radius 1 is 1.00 bits per heavy atom. The molecule has 1 aromatic heterocycles. The van der Waals surface area contributed by atoms with Crippen molar-refractivity contribution in [3.8, 4) is 16.9 Å². The van der Waals surface area contributed by atoms with Gasteiger partial charge in [-0.2, -0.15) is 5.10 Å². The number of hydrogen-bond acceptors (Lipinski definition) is 6. The van der Waals surface area contributed by atoms with E-state index >= 15 is 0 Å². The van der Waals surface area contributed by atoms with E-state index < -0.39 is 11.7 Å². The van der Waals surface area contributed by atoms with Gasteiger partial charge in [-0.05, 0) is 62.8 Å². The molecule has 0 radical (unpaired) electrons. The third-order valence-corrected chi connectivity index (χ3v) is 9.49. The summed E-state index contributed by atoms with van der Waals surface area (Å²) in [5.41, 5.74) is 2.91. The van der Waals surface area contributed by atoms with E-state index in [9.17, 15) is 19.5 Å². The predicted molar refractivity (Wildman–Crippen MR) is 175 cm³/mol. The van der Waals surface area contributed by atoms with Crippen LogP contribution in [0.1, 0.15) is 45.1 Å². The normalized spacial score (nSPS) is 18.8. The number of ether oxygens (including phenoxy) is 1. The Kier molecular flexibility index (Phi) is 9.13. The molecule has 11 nitrogen and oxygen atoms in total. The number of aromatic amines is 1. The maximum atomic E-state index is 14.0. The van der Waals surface area contributed by atoms with Crippen molar-refractivity contribution in [3.05, 3.63) is 65.4 Å². The molecule has 1 atom stereocenters. The second kappa shape index (κ2) is 13.2. The van der Waals surface area contributed by atoms with E-state index in [1.165, 1.54) is 4.90 Å². The van der Waals surface area contributed by atoms with Crippen LogP contribution < -0.4 is 9.64 Å². The van der Waals surface area contributed by atoms with Crippen molar-refractivity contribution < 1.29 is 24.2 Å². The molecule has 2 saturated heterocycles. The van der Waals surface area contributed by atoms with Gasteiger partial charge in [-0.15, -0.1) is 0 Å². The summed E-state index contributed by atoms with van der Waals surface area (Å²) in [7, 11) is 0. The van der Waals surface area contributed by atoms with E-state index in [-0.39, 0.29) is 30.8 Å². The number of nitrogens with zero attached hydrogens (tertiary/aromatic N) is 5.